The zero-order valence-electron chi connectivity index (χ0n) is 9.73. The van der Waals surface area contributed by atoms with E-state index in [1.54, 1.807) is 0 Å². The largest absolute Gasteiger partial charge is 0.491 e. The van der Waals surface area contributed by atoms with Crippen LogP contribution in [0.25, 0.3) is 0 Å². The first-order chi connectivity index (χ1) is 8.58. The van der Waals surface area contributed by atoms with E-state index in [0.29, 0.717) is 16.9 Å². The highest BCUT2D eigenvalue weighted by atomic mass is 19.1. The topological polar surface area (TPSA) is 72.5 Å². The maximum atomic E-state index is 12.7. The van der Waals surface area contributed by atoms with Crippen molar-refractivity contribution in [2.75, 3.05) is 13.3 Å². The molecule has 100 valence electrons. The van der Waals surface area contributed by atoms with E-state index in [1.807, 2.05) is 0 Å². The number of alkyl halides is 2. The molecule has 3 N–H and O–H groups in total. The molecular formula is C12H15F2NO3. The van der Waals surface area contributed by atoms with Gasteiger partial charge in [0.05, 0.1) is 0 Å². The molecule has 1 unspecified atom stereocenters. The molecular weight excluding hydrogens is 244 g/mol. The molecule has 0 spiro atoms. The Morgan fingerprint density at radius 2 is 2.11 bits per heavy atom. The van der Waals surface area contributed by atoms with Gasteiger partial charge in [0.15, 0.2) is 0 Å². The van der Waals surface area contributed by atoms with Crippen LogP contribution in [-0.4, -0.2) is 30.4 Å². The molecule has 0 aliphatic heterocycles. The van der Waals surface area contributed by atoms with Crippen molar-refractivity contribution >= 4 is 5.97 Å². The molecule has 0 saturated heterocycles. The maximum absolute atomic E-state index is 12.7. The minimum Gasteiger partial charge on any atom is -0.491 e. The smallest absolute Gasteiger partial charge is 0.320 e. The van der Waals surface area contributed by atoms with Gasteiger partial charge in [-0.25, -0.2) is 8.78 Å². The average molecular weight is 259 g/mol. The zero-order chi connectivity index (χ0) is 13.5. The number of rotatable bonds is 7. The lowest BCUT2D eigenvalue weighted by Crippen LogP contribution is -2.32. The fourth-order valence-corrected chi connectivity index (χ4v) is 1.49. The third-order valence-electron chi connectivity index (χ3n) is 2.42. The molecule has 4 nitrogen and oxygen atoms in total. The van der Waals surface area contributed by atoms with Gasteiger partial charge in [-0.05, 0) is 29.7 Å². The van der Waals surface area contributed by atoms with E-state index in [9.17, 15) is 13.6 Å². The SMILES string of the molecule is NC(Cc1cc(OCCF)ccc1CF)C(=O)O. The van der Waals surface area contributed by atoms with Crippen molar-refractivity contribution in [2.24, 2.45) is 5.73 Å². The number of aliphatic carboxylic acids is 1. The van der Waals surface area contributed by atoms with Crippen LogP contribution >= 0.6 is 0 Å². The molecule has 0 saturated carbocycles. The Morgan fingerprint density at radius 3 is 2.67 bits per heavy atom. The molecule has 0 heterocycles. The summed E-state index contributed by atoms with van der Waals surface area (Å²) in [6.07, 6.45) is 0.00140. The molecule has 0 bridgehead atoms. The molecule has 1 aromatic rings. The lowest BCUT2D eigenvalue weighted by atomic mass is 10.0. The Morgan fingerprint density at radius 1 is 1.39 bits per heavy atom. The van der Waals surface area contributed by atoms with Crippen molar-refractivity contribution in [3.05, 3.63) is 29.3 Å². The van der Waals surface area contributed by atoms with Crippen molar-refractivity contribution in [2.45, 2.75) is 19.1 Å². The van der Waals surface area contributed by atoms with Crippen LogP contribution in [0.3, 0.4) is 0 Å². The van der Waals surface area contributed by atoms with Gasteiger partial charge < -0.3 is 15.6 Å². The van der Waals surface area contributed by atoms with E-state index in [0.717, 1.165) is 0 Å². The minimum atomic E-state index is -1.16. The zero-order valence-corrected chi connectivity index (χ0v) is 9.73. The normalized spacial score (nSPS) is 12.2. The number of carboxylic acids is 1. The van der Waals surface area contributed by atoms with Crippen LogP contribution in [-0.2, 0) is 17.9 Å². The van der Waals surface area contributed by atoms with Crippen LogP contribution in [0.1, 0.15) is 11.1 Å². The number of hydrogen-bond acceptors (Lipinski definition) is 3. The first kappa shape index (κ1) is 14.4. The Kier molecular flexibility index (Phi) is 5.51. The summed E-state index contributed by atoms with van der Waals surface area (Å²) in [7, 11) is 0. The van der Waals surface area contributed by atoms with Crippen molar-refractivity contribution < 1.29 is 23.4 Å². The molecule has 0 amide bonds. The van der Waals surface area contributed by atoms with Crippen LogP contribution in [0.4, 0.5) is 8.78 Å². The van der Waals surface area contributed by atoms with E-state index in [2.05, 4.69) is 0 Å². The number of halogens is 2. The summed E-state index contributed by atoms with van der Waals surface area (Å²) in [6, 6.07) is 3.39. The monoisotopic (exact) mass is 259 g/mol. The van der Waals surface area contributed by atoms with Gasteiger partial charge in [0, 0.05) is 0 Å². The summed E-state index contributed by atoms with van der Waals surface area (Å²) in [5.74, 6) is -0.785. The van der Waals surface area contributed by atoms with Gasteiger partial charge in [-0.3, -0.25) is 4.79 Å². The summed E-state index contributed by atoms with van der Waals surface area (Å²) in [6.45, 7) is -1.45. The summed E-state index contributed by atoms with van der Waals surface area (Å²) in [5, 5.41) is 8.72. The number of nitrogens with two attached hydrogens (primary N) is 1. The highest BCUT2D eigenvalue weighted by molar-refractivity contribution is 5.73. The van der Waals surface area contributed by atoms with Crippen LogP contribution in [0, 0.1) is 0 Å². The molecule has 0 aliphatic carbocycles. The molecule has 1 rings (SSSR count). The summed E-state index contributed by atoms with van der Waals surface area (Å²) in [5.41, 5.74) is 6.22. The fraction of sp³-hybridized carbons (Fsp3) is 0.417. The Bertz CT molecular complexity index is 412. The van der Waals surface area contributed by atoms with Gasteiger partial charge in [-0.2, -0.15) is 0 Å². The van der Waals surface area contributed by atoms with Crippen molar-refractivity contribution in [3.63, 3.8) is 0 Å². The van der Waals surface area contributed by atoms with E-state index in [4.69, 9.17) is 15.6 Å². The second-order valence-corrected chi connectivity index (χ2v) is 3.75. The average Bonchev–Trinajstić information content (AvgIpc) is 2.36. The first-order valence-electron chi connectivity index (χ1n) is 5.43. The lowest BCUT2D eigenvalue weighted by molar-refractivity contribution is -0.138. The van der Waals surface area contributed by atoms with Crippen molar-refractivity contribution in [1.29, 1.82) is 0 Å². The van der Waals surface area contributed by atoms with Crippen molar-refractivity contribution in [1.82, 2.24) is 0 Å². The first-order valence-corrected chi connectivity index (χ1v) is 5.43. The minimum absolute atomic E-state index is 0.00140. The fourth-order valence-electron chi connectivity index (χ4n) is 1.49. The van der Waals surface area contributed by atoms with Crippen LogP contribution in [0.15, 0.2) is 18.2 Å². The molecule has 1 aromatic carbocycles. The van der Waals surface area contributed by atoms with E-state index < -0.39 is 25.4 Å². The predicted octanol–water partition coefficient (Wildman–Crippen LogP) is 1.46. The number of benzene rings is 1. The Balaban J connectivity index is 2.87. The van der Waals surface area contributed by atoms with E-state index in [-0.39, 0.29) is 13.0 Å². The highest BCUT2D eigenvalue weighted by Gasteiger charge is 2.15. The van der Waals surface area contributed by atoms with Gasteiger partial charge in [0.25, 0.3) is 0 Å². The van der Waals surface area contributed by atoms with Crippen molar-refractivity contribution in [3.8, 4) is 5.75 Å². The second-order valence-electron chi connectivity index (χ2n) is 3.75. The van der Waals surface area contributed by atoms with Gasteiger partial charge in [-0.15, -0.1) is 0 Å². The second kappa shape index (κ2) is 6.90. The molecule has 1 atom stereocenters. The lowest BCUT2D eigenvalue weighted by Gasteiger charge is -2.12. The highest BCUT2D eigenvalue weighted by Crippen LogP contribution is 2.20. The molecule has 18 heavy (non-hydrogen) atoms. The summed E-state index contributed by atoms with van der Waals surface area (Å²) < 4.78 is 29.7. The van der Waals surface area contributed by atoms with Gasteiger partial charge >= 0.3 is 5.97 Å². The maximum Gasteiger partial charge on any atom is 0.320 e. The Hall–Kier alpha value is -1.69. The molecule has 0 aromatic heterocycles. The van der Waals surface area contributed by atoms with Crippen LogP contribution in [0.5, 0.6) is 5.75 Å². The molecule has 0 aliphatic rings. The Labute approximate surface area is 103 Å². The summed E-state index contributed by atoms with van der Waals surface area (Å²) in [4.78, 5) is 10.7. The van der Waals surface area contributed by atoms with E-state index in [1.165, 1.54) is 18.2 Å². The van der Waals surface area contributed by atoms with Gasteiger partial charge in [0.1, 0.15) is 31.7 Å². The van der Waals surface area contributed by atoms with E-state index >= 15 is 0 Å². The summed E-state index contributed by atoms with van der Waals surface area (Å²) >= 11 is 0. The number of carboxylic acid groups (broad SMARTS) is 1. The van der Waals surface area contributed by atoms with Gasteiger partial charge in [0.2, 0.25) is 0 Å². The third kappa shape index (κ3) is 3.96. The molecule has 0 fully saturated rings. The third-order valence-corrected chi connectivity index (χ3v) is 2.42. The predicted molar refractivity (Wildman–Crippen MR) is 62.0 cm³/mol. The number of carbonyl (C=O) groups is 1. The quantitative estimate of drug-likeness (QED) is 0.777. The molecule has 0 radical (unpaired) electrons. The molecule has 6 heteroatoms. The standard InChI is InChI=1S/C12H15F2NO3/c13-3-4-18-10-2-1-8(7-14)9(5-10)6-11(15)12(16)17/h1-2,5,11H,3-4,6-7,15H2,(H,16,17). The van der Waals surface area contributed by atoms with Gasteiger partial charge in [-0.1, -0.05) is 6.07 Å². The van der Waals surface area contributed by atoms with Crippen LogP contribution in [0.2, 0.25) is 0 Å². The number of hydrogen-bond donors (Lipinski definition) is 2. The van der Waals surface area contributed by atoms with Crippen LogP contribution < -0.4 is 10.5 Å². The number of ether oxygens (including phenoxy) is 1.